The number of Topliss-reactive ketones (excluding diaryl/α,β-unsaturated/α-hetero) is 1. The van der Waals surface area contributed by atoms with E-state index in [1.54, 1.807) is 0 Å². The van der Waals surface area contributed by atoms with Crippen LogP contribution in [0.2, 0.25) is 0 Å². The standard InChI is InChI=1S/C15H6F5NO2/c16-9-7(10(17)12(19)13(20)11(9)18)5-21-8-4-2-1-3-6(8)14(22)15(21)23/h1-4H,5H2. The summed E-state index contributed by atoms with van der Waals surface area (Å²) in [6.07, 6.45) is 0. The highest BCUT2D eigenvalue weighted by Gasteiger charge is 2.37. The first kappa shape index (κ1) is 15.1. The molecule has 3 nitrogen and oxygen atoms in total. The molecule has 118 valence electrons. The Labute approximate surface area is 125 Å². The summed E-state index contributed by atoms with van der Waals surface area (Å²) in [6.45, 7) is -0.951. The molecule has 0 atom stereocenters. The number of benzene rings is 2. The summed E-state index contributed by atoms with van der Waals surface area (Å²) in [5.74, 6) is -12.6. The molecule has 1 amide bonds. The van der Waals surface area contributed by atoms with E-state index < -0.39 is 52.9 Å². The van der Waals surface area contributed by atoms with E-state index in [1.807, 2.05) is 0 Å². The van der Waals surface area contributed by atoms with E-state index in [0.29, 0.717) is 4.90 Å². The lowest BCUT2D eigenvalue weighted by Crippen LogP contribution is -2.30. The molecule has 23 heavy (non-hydrogen) atoms. The predicted octanol–water partition coefficient (Wildman–Crippen LogP) is 3.11. The maximum atomic E-state index is 13.7. The molecule has 1 heterocycles. The van der Waals surface area contributed by atoms with Gasteiger partial charge in [-0.15, -0.1) is 0 Å². The first-order valence-electron chi connectivity index (χ1n) is 6.30. The molecule has 8 heteroatoms. The van der Waals surface area contributed by atoms with Crippen LogP contribution in [0.5, 0.6) is 0 Å². The topological polar surface area (TPSA) is 37.4 Å². The predicted molar refractivity (Wildman–Crippen MR) is 68.2 cm³/mol. The number of carbonyl (C=O) groups excluding carboxylic acids is 2. The monoisotopic (exact) mass is 327 g/mol. The van der Waals surface area contributed by atoms with Gasteiger partial charge in [0.25, 0.3) is 11.7 Å². The van der Waals surface area contributed by atoms with Crippen LogP contribution in [0.1, 0.15) is 15.9 Å². The summed E-state index contributed by atoms with van der Waals surface area (Å²) in [5.41, 5.74) is -1.13. The van der Waals surface area contributed by atoms with Crippen molar-refractivity contribution in [1.82, 2.24) is 0 Å². The molecule has 3 rings (SSSR count). The van der Waals surface area contributed by atoms with Gasteiger partial charge < -0.3 is 4.90 Å². The Morgan fingerprint density at radius 1 is 0.783 bits per heavy atom. The number of anilines is 1. The van der Waals surface area contributed by atoms with E-state index in [4.69, 9.17) is 0 Å². The van der Waals surface area contributed by atoms with E-state index in [0.717, 1.165) is 0 Å². The van der Waals surface area contributed by atoms with Crippen LogP contribution in [0.15, 0.2) is 24.3 Å². The summed E-state index contributed by atoms with van der Waals surface area (Å²) in [4.78, 5) is 24.3. The summed E-state index contributed by atoms with van der Waals surface area (Å²) in [5, 5.41) is 0. The van der Waals surface area contributed by atoms with E-state index in [2.05, 4.69) is 0 Å². The van der Waals surface area contributed by atoms with Crippen molar-refractivity contribution < 1.29 is 31.5 Å². The molecule has 0 N–H and O–H groups in total. The second-order valence-corrected chi connectivity index (χ2v) is 4.79. The number of nitrogens with zero attached hydrogens (tertiary/aromatic N) is 1. The van der Waals surface area contributed by atoms with Crippen LogP contribution in [0.4, 0.5) is 27.6 Å². The Kier molecular flexibility index (Phi) is 3.39. The zero-order valence-corrected chi connectivity index (χ0v) is 11.2. The Bertz CT molecular complexity index is 836. The lowest BCUT2D eigenvalue weighted by atomic mass is 10.1. The Morgan fingerprint density at radius 3 is 1.91 bits per heavy atom. The van der Waals surface area contributed by atoms with Gasteiger partial charge in [-0.05, 0) is 12.1 Å². The second kappa shape index (κ2) is 5.15. The van der Waals surface area contributed by atoms with Gasteiger partial charge in [0.2, 0.25) is 5.82 Å². The lowest BCUT2D eigenvalue weighted by Gasteiger charge is -2.18. The molecular formula is C15H6F5NO2. The molecule has 0 saturated heterocycles. The van der Waals surface area contributed by atoms with Crippen LogP contribution in [0.25, 0.3) is 0 Å². The van der Waals surface area contributed by atoms with Crippen LogP contribution in [0, 0.1) is 29.1 Å². The van der Waals surface area contributed by atoms with Crippen LogP contribution >= 0.6 is 0 Å². The third-order valence-electron chi connectivity index (χ3n) is 3.50. The zero-order valence-electron chi connectivity index (χ0n) is 11.2. The van der Waals surface area contributed by atoms with E-state index in [1.165, 1.54) is 24.3 Å². The van der Waals surface area contributed by atoms with Crippen LogP contribution in [0.3, 0.4) is 0 Å². The number of fused-ring (bicyclic) bond motifs is 1. The average molecular weight is 327 g/mol. The first-order chi connectivity index (χ1) is 10.8. The molecule has 2 aromatic carbocycles. The fraction of sp³-hybridized carbons (Fsp3) is 0.0667. The summed E-state index contributed by atoms with van der Waals surface area (Å²) < 4.78 is 66.9. The minimum Gasteiger partial charge on any atom is -0.300 e. The highest BCUT2D eigenvalue weighted by molar-refractivity contribution is 6.52. The Morgan fingerprint density at radius 2 is 1.30 bits per heavy atom. The number of amides is 1. The third-order valence-corrected chi connectivity index (χ3v) is 3.50. The lowest BCUT2D eigenvalue weighted by molar-refractivity contribution is -0.114. The van der Waals surface area contributed by atoms with Gasteiger partial charge in [0.05, 0.1) is 17.8 Å². The van der Waals surface area contributed by atoms with Crippen LogP contribution in [-0.2, 0) is 11.3 Å². The van der Waals surface area contributed by atoms with Gasteiger partial charge in [-0.2, -0.15) is 0 Å². The van der Waals surface area contributed by atoms with Crippen molar-refractivity contribution in [1.29, 1.82) is 0 Å². The number of hydrogen-bond acceptors (Lipinski definition) is 2. The molecule has 0 fully saturated rings. The fourth-order valence-electron chi connectivity index (χ4n) is 2.35. The zero-order chi connectivity index (χ0) is 16.9. The van der Waals surface area contributed by atoms with Crippen molar-refractivity contribution in [3.05, 3.63) is 64.5 Å². The normalized spacial score (nSPS) is 13.7. The van der Waals surface area contributed by atoms with Crippen LogP contribution < -0.4 is 4.90 Å². The largest absolute Gasteiger partial charge is 0.300 e. The second-order valence-electron chi connectivity index (χ2n) is 4.79. The minimum atomic E-state index is -2.28. The molecule has 1 aliphatic heterocycles. The number of para-hydroxylation sites is 1. The smallest absolute Gasteiger partial charge is 0.299 e. The number of rotatable bonds is 2. The number of halogens is 5. The Balaban J connectivity index is 2.11. The number of ketones is 1. The Hall–Kier alpha value is -2.77. The molecule has 0 unspecified atom stereocenters. The van der Waals surface area contributed by atoms with Crippen LogP contribution in [-0.4, -0.2) is 11.7 Å². The third kappa shape index (κ3) is 2.09. The summed E-state index contributed by atoms with van der Waals surface area (Å²) >= 11 is 0. The molecule has 1 aliphatic rings. The van der Waals surface area contributed by atoms with Crippen molar-refractivity contribution in [2.75, 3.05) is 4.90 Å². The number of hydrogen-bond donors (Lipinski definition) is 0. The van der Waals surface area contributed by atoms with Crippen molar-refractivity contribution >= 4 is 17.4 Å². The molecule has 0 bridgehead atoms. The van der Waals surface area contributed by atoms with Gasteiger partial charge in [-0.3, -0.25) is 9.59 Å². The molecular weight excluding hydrogens is 321 g/mol. The average Bonchev–Trinajstić information content (AvgIpc) is 2.80. The summed E-state index contributed by atoms with van der Waals surface area (Å²) in [6, 6.07) is 5.61. The molecule has 0 radical (unpaired) electrons. The molecule has 0 saturated carbocycles. The maximum absolute atomic E-state index is 13.7. The van der Waals surface area contributed by atoms with Crippen molar-refractivity contribution in [2.24, 2.45) is 0 Å². The van der Waals surface area contributed by atoms with Gasteiger partial charge in [0.15, 0.2) is 23.3 Å². The van der Waals surface area contributed by atoms with E-state index >= 15 is 0 Å². The molecule has 2 aromatic rings. The van der Waals surface area contributed by atoms with Gasteiger partial charge in [0, 0.05) is 5.56 Å². The maximum Gasteiger partial charge on any atom is 0.299 e. The highest BCUT2D eigenvalue weighted by atomic mass is 19.2. The van der Waals surface area contributed by atoms with Crippen molar-refractivity contribution in [2.45, 2.75) is 6.54 Å². The minimum absolute atomic E-state index is 0.00127. The SMILES string of the molecule is O=C1C(=O)N(Cc2c(F)c(F)c(F)c(F)c2F)c2ccccc21. The van der Waals surface area contributed by atoms with Gasteiger partial charge in [-0.1, -0.05) is 12.1 Å². The van der Waals surface area contributed by atoms with Gasteiger partial charge in [-0.25, -0.2) is 22.0 Å². The number of carbonyl (C=O) groups is 2. The van der Waals surface area contributed by atoms with E-state index in [-0.39, 0.29) is 11.3 Å². The molecule has 0 aliphatic carbocycles. The highest BCUT2D eigenvalue weighted by Crippen LogP contribution is 2.32. The summed E-state index contributed by atoms with van der Waals surface area (Å²) in [7, 11) is 0. The molecule has 0 spiro atoms. The molecule has 0 aromatic heterocycles. The van der Waals surface area contributed by atoms with E-state index in [9.17, 15) is 31.5 Å². The van der Waals surface area contributed by atoms with Gasteiger partial charge >= 0.3 is 0 Å². The fourth-order valence-corrected chi connectivity index (χ4v) is 2.35. The first-order valence-corrected chi connectivity index (χ1v) is 6.30. The van der Waals surface area contributed by atoms with Gasteiger partial charge in [0.1, 0.15) is 0 Å². The van der Waals surface area contributed by atoms with Crippen molar-refractivity contribution in [3.8, 4) is 0 Å². The quantitative estimate of drug-likeness (QED) is 0.368. The van der Waals surface area contributed by atoms with Crippen molar-refractivity contribution in [3.63, 3.8) is 0 Å².